The number of rotatable bonds is 4. The monoisotopic (exact) mass is 414 g/mol. The van der Waals surface area contributed by atoms with Gasteiger partial charge in [-0.05, 0) is 37.3 Å². The van der Waals surface area contributed by atoms with Crippen molar-refractivity contribution in [1.82, 2.24) is 14.4 Å². The first-order valence-electron chi connectivity index (χ1n) is 9.40. The molecular formula is C23H18N4O2S. The van der Waals surface area contributed by atoms with Crippen molar-refractivity contribution < 1.29 is 9.53 Å². The number of aromatic nitrogens is 3. The topological polar surface area (TPSA) is 68.5 Å². The zero-order chi connectivity index (χ0) is 20.7. The van der Waals surface area contributed by atoms with E-state index in [9.17, 15) is 4.79 Å². The minimum absolute atomic E-state index is 0.187. The molecule has 0 aliphatic heterocycles. The molecule has 0 aliphatic carbocycles. The van der Waals surface area contributed by atoms with Gasteiger partial charge in [0.2, 0.25) is 0 Å². The van der Waals surface area contributed by atoms with Crippen molar-refractivity contribution in [3.05, 3.63) is 77.6 Å². The van der Waals surface area contributed by atoms with Gasteiger partial charge in [0.25, 0.3) is 5.91 Å². The highest BCUT2D eigenvalue weighted by molar-refractivity contribution is 7.15. The summed E-state index contributed by atoms with van der Waals surface area (Å²) in [6.07, 6.45) is 3.99. The van der Waals surface area contributed by atoms with Gasteiger partial charge in [0.1, 0.15) is 5.75 Å². The number of amides is 1. The van der Waals surface area contributed by atoms with Crippen LogP contribution in [0, 0.1) is 6.92 Å². The fraction of sp³-hybridized carbons (Fsp3) is 0.0870. The van der Waals surface area contributed by atoms with Crippen LogP contribution in [0.5, 0.6) is 5.75 Å². The molecular weight excluding hydrogens is 396 g/mol. The second-order valence-corrected chi connectivity index (χ2v) is 7.80. The van der Waals surface area contributed by atoms with Crippen LogP contribution in [0.25, 0.3) is 27.1 Å². The first kappa shape index (κ1) is 18.3. The zero-order valence-corrected chi connectivity index (χ0v) is 17.2. The van der Waals surface area contributed by atoms with Crippen LogP contribution in [0.1, 0.15) is 16.1 Å². The minimum Gasteiger partial charge on any atom is -0.497 e. The van der Waals surface area contributed by atoms with E-state index in [1.54, 1.807) is 18.4 Å². The number of imidazole rings is 1. The molecule has 0 radical (unpaired) electrons. The third-order valence-corrected chi connectivity index (χ3v) is 5.76. The average Bonchev–Trinajstić information content (AvgIpc) is 3.35. The Morgan fingerprint density at radius 2 is 1.93 bits per heavy atom. The number of hydrogen-bond donors (Lipinski definition) is 1. The lowest BCUT2D eigenvalue weighted by Crippen LogP contribution is -2.14. The molecule has 0 aliphatic rings. The molecule has 0 saturated heterocycles. The number of pyridine rings is 1. The summed E-state index contributed by atoms with van der Waals surface area (Å²) in [4.78, 5) is 23.0. The first-order chi connectivity index (χ1) is 14.6. The Balaban J connectivity index is 1.38. The Morgan fingerprint density at radius 1 is 1.10 bits per heavy atom. The van der Waals surface area contributed by atoms with Gasteiger partial charge in [0, 0.05) is 40.5 Å². The predicted molar refractivity (Wildman–Crippen MR) is 119 cm³/mol. The lowest BCUT2D eigenvalue weighted by atomic mass is 10.1. The zero-order valence-electron chi connectivity index (χ0n) is 16.4. The molecule has 0 spiro atoms. The number of methoxy groups -OCH3 is 1. The van der Waals surface area contributed by atoms with Gasteiger partial charge in [-0.3, -0.25) is 14.2 Å². The molecule has 30 heavy (non-hydrogen) atoms. The van der Waals surface area contributed by atoms with E-state index >= 15 is 0 Å². The number of nitrogens with zero attached hydrogens (tertiary/aromatic N) is 3. The van der Waals surface area contributed by atoms with Gasteiger partial charge < -0.3 is 10.1 Å². The van der Waals surface area contributed by atoms with Crippen LogP contribution in [0.2, 0.25) is 0 Å². The van der Waals surface area contributed by atoms with E-state index < -0.39 is 0 Å². The predicted octanol–water partition coefficient (Wildman–Crippen LogP) is 5.18. The van der Waals surface area contributed by atoms with Crippen LogP contribution >= 0.6 is 11.3 Å². The van der Waals surface area contributed by atoms with Crippen LogP contribution in [0.4, 0.5) is 5.69 Å². The van der Waals surface area contributed by atoms with E-state index in [0.29, 0.717) is 11.3 Å². The Kier molecular flexibility index (Phi) is 4.44. The third-order valence-electron chi connectivity index (χ3n) is 4.99. The van der Waals surface area contributed by atoms with E-state index in [1.165, 1.54) is 0 Å². The Labute approximate surface area is 176 Å². The van der Waals surface area contributed by atoms with Crippen molar-refractivity contribution in [3.63, 3.8) is 0 Å². The van der Waals surface area contributed by atoms with Gasteiger partial charge in [-0.15, -0.1) is 11.3 Å². The number of hydrogen-bond acceptors (Lipinski definition) is 5. The maximum absolute atomic E-state index is 12.8. The number of benzene rings is 2. The van der Waals surface area contributed by atoms with Crippen LogP contribution in [-0.2, 0) is 0 Å². The molecule has 3 aromatic heterocycles. The average molecular weight is 414 g/mol. The van der Waals surface area contributed by atoms with Crippen molar-refractivity contribution in [3.8, 4) is 17.0 Å². The summed E-state index contributed by atoms with van der Waals surface area (Å²) >= 11 is 1.60. The molecule has 5 aromatic rings. The SMILES string of the molecule is COc1ccc2cc(C(=O)Nc3ccc(-c4cn5ccsc5n4)cc3)c(C)nc2c1. The van der Waals surface area contributed by atoms with E-state index in [-0.39, 0.29) is 5.91 Å². The largest absolute Gasteiger partial charge is 0.497 e. The van der Waals surface area contributed by atoms with Crippen LogP contribution < -0.4 is 10.1 Å². The molecule has 0 bridgehead atoms. The molecule has 6 nitrogen and oxygen atoms in total. The Bertz CT molecular complexity index is 1360. The summed E-state index contributed by atoms with van der Waals surface area (Å²) in [6.45, 7) is 1.83. The summed E-state index contributed by atoms with van der Waals surface area (Å²) in [5.41, 5.74) is 4.65. The molecule has 148 valence electrons. The number of carbonyl (C=O) groups excluding carboxylic acids is 1. The number of aryl methyl sites for hydroxylation is 1. The van der Waals surface area contributed by atoms with Crippen molar-refractivity contribution in [2.24, 2.45) is 0 Å². The summed E-state index contributed by atoms with van der Waals surface area (Å²) in [7, 11) is 1.62. The first-order valence-corrected chi connectivity index (χ1v) is 10.3. The number of fused-ring (bicyclic) bond motifs is 2. The molecule has 0 saturated carbocycles. The quantitative estimate of drug-likeness (QED) is 0.440. The normalized spacial score (nSPS) is 11.1. The molecule has 1 N–H and O–H groups in total. The second-order valence-electron chi connectivity index (χ2n) is 6.93. The van der Waals surface area contributed by atoms with E-state index in [1.807, 2.05) is 77.6 Å². The van der Waals surface area contributed by atoms with Gasteiger partial charge >= 0.3 is 0 Å². The standard InChI is InChI=1S/C23H18N4O2S/c1-14-19(11-16-5-8-18(29-2)12-20(16)24-14)22(28)25-17-6-3-15(4-7-17)21-13-27-9-10-30-23(27)26-21/h3-13H,1-2H3,(H,25,28). The molecule has 1 amide bonds. The fourth-order valence-corrected chi connectivity index (χ4v) is 4.09. The number of nitrogens with one attached hydrogen (secondary N) is 1. The van der Waals surface area contributed by atoms with Crippen molar-refractivity contribution in [2.75, 3.05) is 12.4 Å². The summed E-state index contributed by atoms with van der Waals surface area (Å²) < 4.78 is 7.25. The molecule has 3 heterocycles. The van der Waals surface area contributed by atoms with E-state index in [2.05, 4.69) is 15.3 Å². The molecule has 0 atom stereocenters. The second kappa shape index (κ2) is 7.27. The highest BCUT2D eigenvalue weighted by Gasteiger charge is 2.13. The van der Waals surface area contributed by atoms with E-state index in [0.717, 1.165) is 38.6 Å². The smallest absolute Gasteiger partial charge is 0.257 e. The Hall–Kier alpha value is -3.71. The highest BCUT2D eigenvalue weighted by atomic mass is 32.1. The van der Waals surface area contributed by atoms with Crippen LogP contribution in [-0.4, -0.2) is 27.4 Å². The molecule has 2 aromatic carbocycles. The summed E-state index contributed by atoms with van der Waals surface area (Å²) in [5, 5.41) is 5.85. The molecule has 0 fully saturated rings. The molecule has 7 heteroatoms. The lowest BCUT2D eigenvalue weighted by Gasteiger charge is -2.10. The Morgan fingerprint density at radius 3 is 2.70 bits per heavy atom. The number of thiazole rings is 1. The number of ether oxygens (including phenoxy) is 1. The number of carbonyl (C=O) groups is 1. The lowest BCUT2D eigenvalue weighted by molar-refractivity contribution is 0.102. The van der Waals surface area contributed by atoms with Gasteiger partial charge in [0.15, 0.2) is 4.96 Å². The van der Waals surface area contributed by atoms with Crippen molar-refractivity contribution >= 4 is 38.8 Å². The molecule has 0 unspecified atom stereocenters. The van der Waals surface area contributed by atoms with Crippen molar-refractivity contribution in [1.29, 1.82) is 0 Å². The van der Waals surface area contributed by atoms with Gasteiger partial charge in [-0.1, -0.05) is 12.1 Å². The van der Waals surface area contributed by atoms with Gasteiger partial charge in [-0.25, -0.2) is 4.98 Å². The van der Waals surface area contributed by atoms with Crippen LogP contribution in [0.15, 0.2) is 66.3 Å². The van der Waals surface area contributed by atoms with Crippen LogP contribution in [0.3, 0.4) is 0 Å². The molecule has 5 rings (SSSR count). The maximum atomic E-state index is 12.8. The summed E-state index contributed by atoms with van der Waals surface area (Å²) in [6, 6.07) is 15.2. The highest BCUT2D eigenvalue weighted by Crippen LogP contribution is 2.25. The minimum atomic E-state index is -0.187. The van der Waals surface area contributed by atoms with E-state index in [4.69, 9.17) is 4.74 Å². The van der Waals surface area contributed by atoms with Gasteiger partial charge in [-0.2, -0.15) is 0 Å². The van der Waals surface area contributed by atoms with Crippen molar-refractivity contribution in [2.45, 2.75) is 6.92 Å². The summed E-state index contributed by atoms with van der Waals surface area (Å²) in [5.74, 6) is 0.553. The maximum Gasteiger partial charge on any atom is 0.257 e. The number of anilines is 1. The van der Waals surface area contributed by atoms with Gasteiger partial charge in [0.05, 0.1) is 29.6 Å². The fourth-order valence-electron chi connectivity index (χ4n) is 3.39. The third kappa shape index (κ3) is 3.29.